The van der Waals surface area contributed by atoms with Crippen molar-refractivity contribution in [1.82, 2.24) is 9.21 Å². The molecule has 3 N–H and O–H groups in total. The Labute approximate surface area is 214 Å². The van der Waals surface area contributed by atoms with E-state index in [0.29, 0.717) is 37.2 Å². The Kier molecular flexibility index (Phi) is 7.36. The molecule has 0 aliphatic carbocycles. The Morgan fingerprint density at radius 3 is 2.50 bits per heavy atom. The fraction of sp³-hybridized carbons (Fsp3) is 0.407. The maximum absolute atomic E-state index is 13.4. The third-order valence-electron chi connectivity index (χ3n) is 6.14. The van der Waals surface area contributed by atoms with Crippen molar-refractivity contribution >= 4 is 33.4 Å². The number of fused-ring (bicyclic) bond motifs is 1. The highest BCUT2D eigenvalue weighted by Crippen LogP contribution is 2.62. The van der Waals surface area contributed by atoms with Gasteiger partial charge in [-0.1, -0.05) is 60.5 Å². The van der Waals surface area contributed by atoms with E-state index < -0.39 is 22.3 Å². The molecule has 2 aromatic rings. The van der Waals surface area contributed by atoms with Crippen LogP contribution < -0.4 is 5.32 Å². The molecule has 194 valence electrons. The zero-order valence-electron chi connectivity index (χ0n) is 21.3. The minimum atomic E-state index is -3.48. The molecule has 9 heteroatoms. The lowest BCUT2D eigenvalue weighted by Crippen LogP contribution is -2.39. The van der Waals surface area contributed by atoms with E-state index in [1.807, 2.05) is 64.1 Å². The van der Waals surface area contributed by atoms with Gasteiger partial charge in [-0.3, -0.25) is 13.9 Å². The Morgan fingerprint density at radius 2 is 1.83 bits per heavy atom. The number of ether oxygens (including phenoxy) is 1. The average molecular weight is 514 g/mol. The molecule has 0 spiro atoms. The second-order valence-electron chi connectivity index (χ2n) is 10.1. The highest BCUT2D eigenvalue weighted by Gasteiger charge is 2.44. The summed E-state index contributed by atoms with van der Waals surface area (Å²) in [4.78, 5) is 27.8. The maximum Gasteiger partial charge on any atom is 0.410 e. The first-order valence-corrected chi connectivity index (χ1v) is 13.8. The summed E-state index contributed by atoms with van der Waals surface area (Å²) >= 11 is 0. The van der Waals surface area contributed by atoms with Gasteiger partial charge in [-0.05, 0) is 56.9 Å². The predicted molar refractivity (Wildman–Crippen MR) is 143 cm³/mol. The minimum Gasteiger partial charge on any atom is -0.444 e. The maximum atomic E-state index is 13.4. The normalized spacial score (nSPS) is 18.2. The standard InChI is InChI=1S/C27H35N3O5S/c1-5-6-15-30-25(31)23(24(36(30,33)34)19-10-8-7-9-11-19)28-22-13-12-21-18-29(16-14-20(21)17-22)26(32)35-27(2,3)4/h7-13,17,28,33-34H,5-6,14-16,18H2,1-4H3. The van der Waals surface area contributed by atoms with E-state index in [1.54, 1.807) is 17.0 Å². The molecule has 2 aliphatic rings. The van der Waals surface area contributed by atoms with E-state index in [9.17, 15) is 18.7 Å². The molecule has 4 rings (SSSR count). The Balaban J connectivity index is 1.61. The first kappa shape index (κ1) is 26.1. The fourth-order valence-electron chi connectivity index (χ4n) is 4.37. The lowest BCUT2D eigenvalue weighted by Gasteiger charge is -2.38. The molecular weight excluding hydrogens is 478 g/mol. The van der Waals surface area contributed by atoms with E-state index in [0.717, 1.165) is 17.5 Å². The smallest absolute Gasteiger partial charge is 0.410 e. The molecule has 0 bridgehead atoms. The van der Waals surface area contributed by atoms with Crippen LogP contribution in [0.5, 0.6) is 0 Å². The third kappa shape index (κ3) is 5.38. The number of nitrogens with zero attached hydrogens (tertiary/aromatic N) is 2. The number of hydrogen-bond donors (Lipinski definition) is 3. The van der Waals surface area contributed by atoms with Gasteiger partial charge in [0.05, 0.1) is 0 Å². The summed E-state index contributed by atoms with van der Waals surface area (Å²) in [7, 11) is -3.48. The van der Waals surface area contributed by atoms with E-state index in [4.69, 9.17) is 4.74 Å². The van der Waals surface area contributed by atoms with Gasteiger partial charge in [0.1, 0.15) is 16.2 Å². The Hall–Kier alpha value is -3.01. The average Bonchev–Trinajstić information content (AvgIpc) is 3.00. The molecule has 2 aromatic carbocycles. The molecule has 8 nitrogen and oxygen atoms in total. The molecule has 0 radical (unpaired) electrons. The van der Waals surface area contributed by atoms with Crippen LogP contribution in [0.3, 0.4) is 0 Å². The number of nitrogens with one attached hydrogen (secondary N) is 1. The fourth-order valence-corrected chi connectivity index (χ4v) is 6.17. The van der Waals surface area contributed by atoms with Gasteiger partial charge in [0.15, 0.2) is 0 Å². The zero-order chi connectivity index (χ0) is 26.1. The molecule has 2 amide bonds. The van der Waals surface area contributed by atoms with Crippen molar-refractivity contribution in [3.8, 4) is 0 Å². The van der Waals surface area contributed by atoms with E-state index in [-0.39, 0.29) is 23.2 Å². The van der Waals surface area contributed by atoms with Crippen molar-refractivity contribution in [2.45, 2.75) is 59.1 Å². The van der Waals surface area contributed by atoms with Crippen molar-refractivity contribution < 1.29 is 23.4 Å². The van der Waals surface area contributed by atoms with E-state index in [1.165, 1.54) is 4.31 Å². The second-order valence-corrected chi connectivity index (χ2v) is 12.0. The number of hydrogen-bond acceptors (Lipinski definition) is 6. The molecule has 0 saturated heterocycles. The van der Waals surface area contributed by atoms with Gasteiger partial charge in [0.25, 0.3) is 5.91 Å². The summed E-state index contributed by atoms with van der Waals surface area (Å²) in [5.74, 6) is -0.420. The molecule has 0 unspecified atom stereocenters. The molecule has 0 saturated carbocycles. The van der Waals surface area contributed by atoms with Gasteiger partial charge in [-0.15, -0.1) is 0 Å². The Bertz CT molecular complexity index is 1170. The van der Waals surface area contributed by atoms with Gasteiger partial charge in [-0.25, -0.2) is 9.10 Å². The van der Waals surface area contributed by atoms with Crippen molar-refractivity contribution in [2.24, 2.45) is 0 Å². The van der Waals surface area contributed by atoms with Crippen molar-refractivity contribution in [3.63, 3.8) is 0 Å². The predicted octanol–water partition coefficient (Wildman–Crippen LogP) is 6.07. The minimum absolute atomic E-state index is 0.184. The lowest BCUT2D eigenvalue weighted by atomic mass is 9.99. The summed E-state index contributed by atoms with van der Waals surface area (Å²) < 4.78 is 29.0. The number of amides is 2. The van der Waals surface area contributed by atoms with Gasteiger partial charge in [-0.2, -0.15) is 0 Å². The van der Waals surface area contributed by atoms with Gasteiger partial charge in [0, 0.05) is 30.9 Å². The van der Waals surface area contributed by atoms with Crippen LogP contribution in [0.15, 0.2) is 54.2 Å². The number of benzene rings is 2. The van der Waals surface area contributed by atoms with Crippen LogP contribution in [0.1, 0.15) is 57.2 Å². The largest absolute Gasteiger partial charge is 0.444 e. The lowest BCUT2D eigenvalue weighted by molar-refractivity contribution is -0.122. The molecule has 2 heterocycles. The zero-order valence-corrected chi connectivity index (χ0v) is 22.1. The highest BCUT2D eigenvalue weighted by atomic mass is 32.3. The number of rotatable bonds is 6. The third-order valence-corrected chi connectivity index (χ3v) is 8.09. The first-order chi connectivity index (χ1) is 17.0. The molecule has 36 heavy (non-hydrogen) atoms. The highest BCUT2D eigenvalue weighted by molar-refractivity contribution is 8.31. The topological polar surface area (TPSA) is 102 Å². The summed E-state index contributed by atoms with van der Waals surface area (Å²) in [5.41, 5.74) is 3.00. The van der Waals surface area contributed by atoms with E-state index in [2.05, 4.69) is 5.32 Å². The number of carbonyl (C=O) groups is 2. The van der Waals surface area contributed by atoms with Crippen molar-refractivity contribution in [1.29, 1.82) is 0 Å². The summed E-state index contributed by atoms with van der Waals surface area (Å²) in [6.07, 6.45) is 1.82. The summed E-state index contributed by atoms with van der Waals surface area (Å²) in [6.45, 7) is 8.80. The van der Waals surface area contributed by atoms with Crippen LogP contribution in [0, 0.1) is 0 Å². The van der Waals surface area contributed by atoms with Crippen LogP contribution in [0.25, 0.3) is 4.91 Å². The van der Waals surface area contributed by atoms with Gasteiger partial charge in [0.2, 0.25) is 0 Å². The first-order valence-electron chi connectivity index (χ1n) is 12.3. The number of carbonyl (C=O) groups excluding carboxylic acids is 2. The monoisotopic (exact) mass is 513 g/mol. The van der Waals surface area contributed by atoms with Crippen LogP contribution in [-0.2, 0) is 22.5 Å². The van der Waals surface area contributed by atoms with Gasteiger partial charge < -0.3 is 15.0 Å². The van der Waals surface area contributed by atoms with E-state index >= 15 is 0 Å². The SMILES string of the molecule is CCCCN1C(=O)C(Nc2ccc3c(c2)CCN(C(=O)OC(C)(C)C)C3)=C(c2ccccc2)S1(O)O. The van der Waals surface area contributed by atoms with Gasteiger partial charge >= 0.3 is 6.09 Å². The number of unbranched alkanes of at least 4 members (excludes halogenated alkanes) is 1. The summed E-state index contributed by atoms with van der Waals surface area (Å²) in [5, 5.41) is 3.20. The molecule has 0 atom stereocenters. The summed E-state index contributed by atoms with van der Waals surface area (Å²) in [6, 6.07) is 14.8. The number of anilines is 1. The Morgan fingerprint density at radius 1 is 1.11 bits per heavy atom. The molecular formula is C27H35N3O5S. The second kappa shape index (κ2) is 10.2. The van der Waals surface area contributed by atoms with Crippen LogP contribution in [0.2, 0.25) is 0 Å². The molecule has 2 aliphatic heterocycles. The quantitative estimate of drug-likeness (QED) is 0.433. The molecule has 0 fully saturated rings. The van der Waals surface area contributed by atoms with Crippen LogP contribution >= 0.6 is 10.8 Å². The van der Waals surface area contributed by atoms with Crippen LogP contribution in [-0.4, -0.2) is 49.0 Å². The van der Waals surface area contributed by atoms with Crippen LogP contribution in [0.4, 0.5) is 10.5 Å². The van der Waals surface area contributed by atoms with Crippen molar-refractivity contribution in [3.05, 3.63) is 70.9 Å². The van der Waals surface area contributed by atoms with Crippen molar-refractivity contribution in [2.75, 3.05) is 18.4 Å². The molecule has 0 aromatic heterocycles.